The number of rotatable bonds is 4. The second-order valence-corrected chi connectivity index (χ2v) is 5.61. The molecule has 1 aromatic heterocycles. The van der Waals surface area contributed by atoms with Crippen LogP contribution in [0.1, 0.15) is 20.8 Å². The average Bonchev–Trinajstić information content (AvgIpc) is 2.81. The third kappa shape index (κ3) is 3.10. The van der Waals surface area contributed by atoms with E-state index >= 15 is 0 Å². The summed E-state index contributed by atoms with van der Waals surface area (Å²) in [5, 5.41) is 16.0. The molecule has 1 heterocycles. The number of nitrogens with two attached hydrogens (primary N) is 1. The van der Waals surface area contributed by atoms with Crippen molar-refractivity contribution in [2.24, 2.45) is 0 Å². The monoisotopic (exact) mass is 320 g/mol. The molecule has 4 N–H and O–H groups in total. The maximum atomic E-state index is 11.7. The van der Waals surface area contributed by atoms with Gasteiger partial charge in [0.15, 0.2) is 0 Å². The number of benzene rings is 1. The number of nitrogens with one attached hydrogen (secondary N) is 2. The van der Waals surface area contributed by atoms with Crippen LogP contribution >= 0.6 is 22.9 Å². The van der Waals surface area contributed by atoms with Crippen LogP contribution in [0.4, 0.5) is 10.7 Å². The normalized spacial score (nSPS) is 9.95. The third-order valence-corrected chi connectivity index (χ3v) is 4.42. The molecular formula is C14H13ClN4OS. The van der Waals surface area contributed by atoms with Crippen LogP contribution in [0.5, 0.6) is 0 Å². The van der Waals surface area contributed by atoms with E-state index in [9.17, 15) is 10.1 Å². The number of hydrogen-bond donors (Lipinski definition) is 3. The number of anilines is 2. The van der Waals surface area contributed by atoms with Gasteiger partial charge < -0.3 is 16.4 Å². The van der Waals surface area contributed by atoms with Gasteiger partial charge in [-0.3, -0.25) is 4.79 Å². The molecule has 0 bridgehead atoms. The topological polar surface area (TPSA) is 90.9 Å². The minimum Gasteiger partial charge on any atom is -0.396 e. The first kappa shape index (κ1) is 15.2. The molecule has 1 aromatic carbocycles. The Morgan fingerprint density at radius 2 is 2.19 bits per heavy atom. The quantitative estimate of drug-likeness (QED) is 0.808. The van der Waals surface area contributed by atoms with Crippen molar-refractivity contribution in [1.29, 1.82) is 5.26 Å². The van der Waals surface area contributed by atoms with Gasteiger partial charge >= 0.3 is 0 Å². The molecule has 108 valence electrons. The van der Waals surface area contributed by atoms with Crippen molar-refractivity contribution in [1.82, 2.24) is 5.32 Å². The van der Waals surface area contributed by atoms with Crippen molar-refractivity contribution >= 4 is 39.5 Å². The lowest BCUT2D eigenvalue weighted by molar-refractivity contribution is 0.0968. The van der Waals surface area contributed by atoms with Gasteiger partial charge in [0, 0.05) is 18.6 Å². The fraction of sp³-hybridized carbons (Fsp3) is 0.143. The highest BCUT2D eigenvalue weighted by Gasteiger charge is 2.20. The number of nitrogen functional groups attached to an aromatic ring is 1. The SMILES string of the molecule is CNC(=O)c1sc(NCc2ccccc2Cl)c(C#N)c1N. The van der Waals surface area contributed by atoms with Gasteiger partial charge in [0.25, 0.3) is 5.91 Å². The van der Waals surface area contributed by atoms with Crippen molar-refractivity contribution in [3.8, 4) is 6.07 Å². The van der Waals surface area contributed by atoms with Crippen LogP contribution < -0.4 is 16.4 Å². The number of nitriles is 1. The zero-order chi connectivity index (χ0) is 15.4. The van der Waals surface area contributed by atoms with Crippen molar-refractivity contribution in [3.63, 3.8) is 0 Å². The van der Waals surface area contributed by atoms with Crippen molar-refractivity contribution in [2.75, 3.05) is 18.1 Å². The molecule has 0 aliphatic carbocycles. The summed E-state index contributed by atoms with van der Waals surface area (Å²) in [4.78, 5) is 12.0. The summed E-state index contributed by atoms with van der Waals surface area (Å²) < 4.78 is 0. The Bertz CT molecular complexity index is 720. The Balaban J connectivity index is 2.27. The number of amides is 1. The Morgan fingerprint density at radius 3 is 2.81 bits per heavy atom. The molecule has 7 heteroatoms. The number of thiophene rings is 1. The number of halogens is 1. The zero-order valence-corrected chi connectivity index (χ0v) is 12.8. The van der Waals surface area contributed by atoms with E-state index in [0.29, 0.717) is 21.4 Å². The second kappa shape index (κ2) is 6.48. The first-order valence-electron chi connectivity index (χ1n) is 6.10. The predicted octanol–water partition coefficient (Wildman–Crippen LogP) is 2.83. The molecular weight excluding hydrogens is 308 g/mol. The van der Waals surface area contributed by atoms with Crippen LogP contribution in [0, 0.1) is 11.3 Å². The fourth-order valence-electron chi connectivity index (χ4n) is 1.78. The summed E-state index contributed by atoms with van der Waals surface area (Å²) in [5.41, 5.74) is 7.23. The van der Waals surface area contributed by atoms with Gasteiger partial charge in [-0.25, -0.2) is 0 Å². The molecule has 0 aliphatic rings. The molecule has 2 aromatic rings. The Kier molecular flexibility index (Phi) is 4.68. The first-order chi connectivity index (χ1) is 10.1. The molecule has 1 amide bonds. The van der Waals surface area contributed by atoms with Gasteiger partial charge in [-0.05, 0) is 11.6 Å². The fourth-order valence-corrected chi connectivity index (χ4v) is 2.99. The van der Waals surface area contributed by atoms with E-state index in [1.807, 2.05) is 24.3 Å². The van der Waals surface area contributed by atoms with E-state index in [1.54, 1.807) is 6.07 Å². The molecule has 5 nitrogen and oxygen atoms in total. The van der Waals surface area contributed by atoms with E-state index < -0.39 is 0 Å². The Labute approximate surface area is 131 Å². The van der Waals surface area contributed by atoms with Gasteiger partial charge in [0.05, 0.1) is 5.69 Å². The predicted molar refractivity (Wildman–Crippen MR) is 85.6 cm³/mol. The van der Waals surface area contributed by atoms with E-state index in [4.69, 9.17) is 17.3 Å². The Hall–Kier alpha value is -2.23. The molecule has 0 unspecified atom stereocenters. The summed E-state index contributed by atoms with van der Waals surface area (Å²) in [6.45, 7) is 0.446. The van der Waals surface area contributed by atoms with Crippen LogP contribution in [0.2, 0.25) is 5.02 Å². The van der Waals surface area contributed by atoms with Crippen molar-refractivity contribution in [2.45, 2.75) is 6.54 Å². The average molecular weight is 321 g/mol. The zero-order valence-electron chi connectivity index (χ0n) is 11.2. The first-order valence-corrected chi connectivity index (χ1v) is 7.29. The summed E-state index contributed by atoms with van der Waals surface area (Å²) in [5.74, 6) is -0.306. The lowest BCUT2D eigenvalue weighted by atomic mass is 10.2. The third-order valence-electron chi connectivity index (χ3n) is 2.89. The molecule has 0 saturated heterocycles. The molecule has 0 fully saturated rings. The summed E-state index contributed by atoms with van der Waals surface area (Å²) in [6, 6.07) is 9.43. The highest BCUT2D eigenvalue weighted by molar-refractivity contribution is 7.18. The summed E-state index contributed by atoms with van der Waals surface area (Å²) in [6.07, 6.45) is 0. The van der Waals surface area contributed by atoms with Crippen molar-refractivity contribution < 1.29 is 4.79 Å². The van der Waals surface area contributed by atoms with Crippen LogP contribution in [0.25, 0.3) is 0 Å². The highest BCUT2D eigenvalue weighted by Crippen LogP contribution is 2.35. The smallest absolute Gasteiger partial charge is 0.263 e. The van der Waals surface area contributed by atoms with Gasteiger partial charge in [0.1, 0.15) is 21.5 Å². The number of hydrogen-bond acceptors (Lipinski definition) is 5. The van der Waals surface area contributed by atoms with Gasteiger partial charge in [-0.15, -0.1) is 11.3 Å². The minimum absolute atomic E-state index is 0.198. The number of nitrogens with zero attached hydrogens (tertiary/aromatic N) is 1. The maximum Gasteiger partial charge on any atom is 0.263 e. The van der Waals surface area contributed by atoms with Crippen LogP contribution in [0.3, 0.4) is 0 Å². The molecule has 0 saturated carbocycles. The van der Waals surface area contributed by atoms with E-state index in [1.165, 1.54) is 7.05 Å². The van der Waals surface area contributed by atoms with Crippen LogP contribution in [-0.4, -0.2) is 13.0 Å². The number of carbonyl (C=O) groups is 1. The van der Waals surface area contributed by atoms with Gasteiger partial charge in [0.2, 0.25) is 0 Å². The highest BCUT2D eigenvalue weighted by atomic mass is 35.5. The van der Waals surface area contributed by atoms with Gasteiger partial charge in [-0.1, -0.05) is 29.8 Å². The van der Waals surface area contributed by atoms with E-state index in [-0.39, 0.29) is 17.2 Å². The van der Waals surface area contributed by atoms with E-state index in [0.717, 1.165) is 16.9 Å². The molecule has 0 spiro atoms. The van der Waals surface area contributed by atoms with Crippen molar-refractivity contribution in [3.05, 3.63) is 45.3 Å². The Morgan fingerprint density at radius 1 is 1.48 bits per heavy atom. The largest absolute Gasteiger partial charge is 0.396 e. The number of carbonyl (C=O) groups excluding carboxylic acids is 1. The summed E-state index contributed by atoms with van der Waals surface area (Å²) >= 11 is 7.24. The summed E-state index contributed by atoms with van der Waals surface area (Å²) in [7, 11) is 1.52. The lowest BCUT2D eigenvalue weighted by Crippen LogP contribution is -2.17. The second-order valence-electron chi connectivity index (χ2n) is 4.18. The van der Waals surface area contributed by atoms with Gasteiger partial charge in [-0.2, -0.15) is 5.26 Å². The minimum atomic E-state index is -0.306. The molecule has 0 aliphatic heterocycles. The maximum absolute atomic E-state index is 11.7. The molecule has 0 radical (unpaired) electrons. The van der Waals surface area contributed by atoms with Crippen LogP contribution in [-0.2, 0) is 6.54 Å². The molecule has 2 rings (SSSR count). The van der Waals surface area contributed by atoms with E-state index in [2.05, 4.69) is 10.6 Å². The van der Waals surface area contributed by atoms with Crippen LogP contribution in [0.15, 0.2) is 24.3 Å². The molecule has 0 atom stereocenters. The lowest BCUT2D eigenvalue weighted by Gasteiger charge is -2.06. The standard InChI is InChI=1S/C14H13ClN4OS/c1-18-13(20)12-11(17)9(6-16)14(21-12)19-7-8-4-2-3-5-10(8)15/h2-5,19H,7,17H2,1H3,(H,18,20). The molecule has 21 heavy (non-hydrogen) atoms.